The average molecular weight is 196 g/mol. The summed E-state index contributed by atoms with van der Waals surface area (Å²) in [4.78, 5) is 11.0. The molecule has 0 saturated heterocycles. The first kappa shape index (κ1) is 10.7. The second-order valence-corrected chi connectivity index (χ2v) is 3.20. The summed E-state index contributed by atoms with van der Waals surface area (Å²) >= 11 is 0. The molecule has 78 valence electrons. The van der Waals surface area contributed by atoms with Gasteiger partial charge in [0.05, 0.1) is 6.04 Å². The van der Waals surface area contributed by atoms with Crippen molar-refractivity contribution in [2.24, 2.45) is 5.73 Å². The Bertz CT molecular complexity index is 268. The van der Waals surface area contributed by atoms with Crippen molar-refractivity contribution in [1.29, 1.82) is 0 Å². The van der Waals surface area contributed by atoms with Gasteiger partial charge in [0, 0.05) is 25.5 Å². The topological polar surface area (TPSA) is 72.9 Å². The lowest BCUT2D eigenvalue weighted by Crippen LogP contribution is -2.38. The first-order chi connectivity index (χ1) is 6.70. The zero-order valence-corrected chi connectivity index (χ0v) is 8.31. The minimum Gasteiger partial charge on any atom is -0.355 e. The molecular formula is C9H16N4O. The van der Waals surface area contributed by atoms with Crippen LogP contribution in [0, 0.1) is 0 Å². The molecule has 0 aromatic carbocycles. The lowest BCUT2D eigenvalue weighted by atomic mass is 10.3. The third kappa shape index (κ3) is 3.57. The summed E-state index contributed by atoms with van der Waals surface area (Å²) in [6.45, 7) is 3.12. The molecule has 0 saturated carbocycles. The van der Waals surface area contributed by atoms with Gasteiger partial charge in [0.2, 0.25) is 5.91 Å². The van der Waals surface area contributed by atoms with Crippen LogP contribution in [-0.4, -0.2) is 28.3 Å². The van der Waals surface area contributed by atoms with Crippen molar-refractivity contribution in [3.63, 3.8) is 0 Å². The number of hydrogen-bond donors (Lipinski definition) is 2. The minimum atomic E-state index is -0.431. The van der Waals surface area contributed by atoms with Gasteiger partial charge in [-0.3, -0.25) is 9.48 Å². The Kier molecular flexibility index (Phi) is 4.12. The highest BCUT2D eigenvalue weighted by molar-refractivity contribution is 5.80. The summed E-state index contributed by atoms with van der Waals surface area (Å²) in [5.41, 5.74) is 5.38. The van der Waals surface area contributed by atoms with Crippen LogP contribution >= 0.6 is 0 Å². The molecule has 0 bridgehead atoms. The van der Waals surface area contributed by atoms with E-state index in [-0.39, 0.29) is 5.91 Å². The van der Waals surface area contributed by atoms with Crippen molar-refractivity contribution in [3.8, 4) is 0 Å². The van der Waals surface area contributed by atoms with E-state index in [1.807, 2.05) is 16.9 Å². The maximum atomic E-state index is 11.0. The predicted octanol–water partition coefficient (Wildman–Crippen LogP) is -0.263. The van der Waals surface area contributed by atoms with Gasteiger partial charge < -0.3 is 11.1 Å². The van der Waals surface area contributed by atoms with E-state index in [0.29, 0.717) is 6.54 Å². The Morgan fingerprint density at radius 3 is 3.07 bits per heavy atom. The fraction of sp³-hybridized carbons (Fsp3) is 0.556. The van der Waals surface area contributed by atoms with Gasteiger partial charge in [-0.05, 0) is 19.4 Å². The van der Waals surface area contributed by atoms with Gasteiger partial charge >= 0.3 is 0 Å². The van der Waals surface area contributed by atoms with Gasteiger partial charge in [0.15, 0.2) is 0 Å². The van der Waals surface area contributed by atoms with Gasteiger partial charge in [0.1, 0.15) is 0 Å². The van der Waals surface area contributed by atoms with E-state index < -0.39 is 6.04 Å². The predicted molar refractivity (Wildman–Crippen MR) is 53.5 cm³/mol. The molecule has 1 amide bonds. The van der Waals surface area contributed by atoms with Gasteiger partial charge in [0.25, 0.3) is 0 Å². The molecule has 0 spiro atoms. The van der Waals surface area contributed by atoms with E-state index in [1.165, 1.54) is 0 Å². The highest BCUT2D eigenvalue weighted by Gasteiger charge is 2.04. The summed E-state index contributed by atoms with van der Waals surface area (Å²) in [6.07, 6.45) is 4.49. The van der Waals surface area contributed by atoms with Crippen LogP contribution in [0.4, 0.5) is 0 Å². The lowest BCUT2D eigenvalue weighted by Gasteiger charge is -2.07. The Morgan fingerprint density at radius 1 is 1.71 bits per heavy atom. The number of aryl methyl sites for hydroxylation is 1. The van der Waals surface area contributed by atoms with Crippen molar-refractivity contribution in [2.45, 2.75) is 25.9 Å². The van der Waals surface area contributed by atoms with Crippen molar-refractivity contribution in [3.05, 3.63) is 18.5 Å². The molecule has 1 atom stereocenters. The summed E-state index contributed by atoms with van der Waals surface area (Å²) in [5, 5.41) is 6.79. The van der Waals surface area contributed by atoms with E-state index in [0.717, 1.165) is 13.0 Å². The third-order valence-corrected chi connectivity index (χ3v) is 1.84. The zero-order chi connectivity index (χ0) is 10.4. The number of amides is 1. The molecule has 0 fully saturated rings. The number of rotatable bonds is 5. The molecular weight excluding hydrogens is 180 g/mol. The quantitative estimate of drug-likeness (QED) is 0.637. The van der Waals surface area contributed by atoms with Gasteiger partial charge in [-0.25, -0.2) is 0 Å². The molecule has 1 rings (SSSR count). The largest absolute Gasteiger partial charge is 0.355 e. The number of carbonyl (C=O) groups is 1. The van der Waals surface area contributed by atoms with Crippen LogP contribution < -0.4 is 11.1 Å². The highest BCUT2D eigenvalue weighted by Crippen LogP contribution is 1.88. The van der Waals surface area contributed by atoms with Crippen molar-refractivity contribution >= 4 is 5.91 Å². The summed E-state index contributed by atoms with van der Waals surface area (Å²) in [7, 11) is 0. The molecule has 1 heterocycles. The van der Waals surface area contributed by atoms with Crippen molar-refractivity contribution in [2.75, 3.05) is 6.54 Å². The Hall–Kier alpha value is -1.36. The van der Waals surface area contributed by atoms with Crippen LogP contribution in [0.3, 0.4) is 0 Å². The second kappa shape index (κ2) is 5.39. The first-order valence-corrected chi connectivity index (χ1v) is 4.71. The monoisotopic (exact) mass is 196 g/mol. The van der Waals surface area contributed by atoms with Crippen LogP contribution in [0.25, 0.3) is 0 Å². The van der Waals surface area contributed by atoms with Crippen LogP contribution in [-0.2, 0) is 11.3 Å². The number of nitrogens with two attached hydrogens (primary N) is 1. The van der Waals surface area contributed by atoms with Gasteiger partial charge in [-0.2, -0.15) is 5.10 Å². The van der Waals surface area contributed by atoms with Crippen LogP contribution in [0.2, 0.25) is 0 Å². The van der Waals surface area contributed by atoms with E-state index >= 15 is 0 Å². The molecule has 3 N–H and O–H groups in total. The molecule has 5 nitrogen and oxygen atoms in total. The maximum absolute atomic E-state index is 11.0. The van der Waals surface area contributed by atoms with Gasteiger partial charge in [-0.1, -0.05) is 0 Å². The van der Waals surface area contributed by atoms with Crippen molar-refractivity contribution in [1.82, 2.24) is 15.1 Å². The zero-order valence-electron chi connectivity index (χ0n) is 8.31. The fourth-order valence-electron chi connectivity index (χ4n) is 1.05. The van der Waals surface area contributed by atoms with E-state index in [1.54, 1.807) is 13.1 Å². The Morgan fingerprint density at radius 2 is 2.50 bits per heavy atom. The van der Waals surface area contributed by atoms with E-state index in [9.17, 15) is 4.79 Å². The average Bonchev–Trinajstić information content (AvgIpc) is 2.64. The Balaban J connectivity index is 2.08. The molecule has 1 aromatic rings. The maximum Gasteiger partial charge on any atom is 0.236 e. The smallest absolute Gasteiger partial charge is 0.236 e. The summed E-state index contributed by atoms with van der Waals surface area (Å²) < 4.78 is 1.83. The lowest BCUT2D eigenvalue weighted by molar-refractivity contribution is -0.121. The molecule has 14 heavy (non-hydrogen) atoms. The van der Waals surface area contributed by atoms with Crippen LogP contribution in [0.5, 0.6) is 0 Å². The van der Waals surface area contributed by atoms with Crippen molar-refractivity contribution < 1.29 is 4.79 Å². The number of nitrogens with one attached hydrogen (secondary N) is 1. The highest BCUT2D eigenvalue weighted by atomic mass is 16.2. The number of nitrogens with zero attached hydrogens (tertiary/aromatic N) is 2. The summed E-state index contributed by atoms with van der Waals surface area (Å²) in [6, 6.07) is 1.44. The van der Waals surface area contributed by atoms with Crippen LogP contribution in [0.1, 0.15) is 13.3 Å². The Labute approximate surface area is 83.3 Å². The molecule has 0 aliphatic rings. The number of aromatic nitrogens is 2. The van der Waals surface area contributed by atoms with Gasteiger partial charge in [-0.15, -0.1) is 0 Å². The first-order valence-electron chi connectivity index (χ1n) is 4.71. The normalized spacial score (nSPS) is 12.4. The SMILES string of the molecule is CC(N)C(=O)NCCCn1cccn1. The molecule has 0 aliphatic heterocycles. The molecule has 0 aliphatic carbocycles. The standard InChI is InChI=1S/C9H16N4O/c1-8(10)9(14)11-4-2-6-13-7-3-5-12-13/h3,5,7-8H,2,4,6,10H2,1H3,(H,11,14). The second-order valence-electron chi connectivity index (χ2n) is 3.20. The summed E-state index contributed by atoms with van der Waals surface area (Å²) in [5.74, 6) is -0.106. The fourth-order valence-corrected chi connectivity index (χ4v) is 1.05. The molecule has 1 unspecified atom stereocenters. The number of carbonyl (C=O) groups excluding carboxylic acids is 1. The van der Waals surface area contributed by atoms with E-state index in [2.05, 4.69) is 10.4 Å². The number of hydrogen-bond acceptors (Lipinski definition) is 3. The molecule has 1 aromatic heterocycles. The molecule has 5 heteroatoms. The minimum absolute atomic E-state index is 0.106. The van der Waals surface area contributed by atoms with Crippen LogP contribution in [0.15, 0.2) is 18.5 Å². The third-order valence-electron chi connectivity index (χ3n) is 1.84. The molecule has 0 radical (unpaired) electrons. The van der Waals surface area contributed by atoms with E-state index in [4.69, 9.17) is 5.73 Å².